The van der Waals surface area contributed by atoms with Gasteiger partial charge in [0, 0.05) is 6.20 Å². The summed E-state index contributed by atoms with van der Waals surface area (Å²) in [4.78, 5) is 40.5. The number of aromatic nitrogens is 1. The molecule has 2 rings (SSSR count). The molecule has 2 heterocycles. The third-order valence-electron chi connectivity index (χ3n) is 2.95. The van der Waals surface area contributed by atoms with E-state index in [-0.39, 0.29) is 22.3 Å². The Morgan fingerprint density at radius 2 is 2.20 bits per heavy atom. The van der Waals surface area contributed by atoms with Gasteiger partial charge >= 0.3 is 0 Å². The molecular weight excluding hydrogens is 305 g/mol. The van der Waals surface area contributed by atoms with Gasteiger partial charge in [0.1, 0.15) is 17.7 Å². The summed E-state index contributed by atoms with van der Waals surface area (Å²) >= 11 is 11.5. The van der Waals surface area contributed by atoms with Crippen LogP contribution in [0.2, 0.25) is 10.2 Å². The van der Waals surface area contributed by atoms with E-state index in [0.717, 1.165) is 0 Å². The Bertz CT molecular complexity index is 591. The van der Waals surface area contributed by atoms with E-state index in [1.807, 2.05) is 0 Å². The summed E-state index contributed by atoms with van der Waals surface area (Å²) in [7, 11) is 0. The lowest BCUT2D eigenvalue weighted by molar-refractivity contribution is -0.138. The number of carbonyl (C=O) groups excluding carboxylic acids is 3. The highest BCUT2D eigenvalue weighted by atomic mass is 35.5. The molecule has 1 N–H and O–H groups in total. The van der Waals surface area contributed by atoms with Crippen LogP contribution in [0.5, 0.6) is 0 Å². The number of carbonyl (C=O) groups is 3. The summed E-state index contributed by atoms with van der Waals surface area (Å²) in [6, 6.07) is 0.679. The molecule has 1 aromatic rings. The minimum absolute atomic E-state index is 0.0859. The van der Waals surface area contributed by atoms with Gasteiger partial charge in [-0.1, -0.05) is 30.1 Å². The van der Waals surface area contributed by atoms with Crippen molar-refractivity contribution in [3.05, 3.63) is 28.0 Å². The minimum Gasteiger partial charge on any atom is -0.317 e. The van der Waals surface area contributed by atoms with E-state index in [9.17, 15) is 14.4 Å². The molecule has 6 nitrogen and oxygen atoms in total. The fraction of sp³-hybridized carbons (Fsp3) is 0.333. The zero-order valence-corrected chi connectivity index (χ0v) is 12.0. The lowest BCUT2D eigenvalue weighted by Crippen LogP contribution is -2.59. The van der Waals surface area contributed by atoms with Crippen LogP contribution in [0, 0.1) is 0 Å². The number of hydrogen-bond acceptors (Lipinski definition) is 4. The monoisotopic (exact) mass is 315 g/mol. The SMILES string of the molecule is CCC1C(=O)NC(=O)CN1C(=O)c1cnc(Cl)c(Cl)c1. The Kier molecular flexibility index (Phi) is 4.25. The molecule has 106 valence electrons. The first-order valence-corrected chi connectivity index (χ1v) is 6.65. The molecule has 1 aromatic heterocycles. The molecule has 0 spiro atoms. The number of nitrogens with one attached hydrogen (secondary N) is 1. The van der Waals surface area contributed by atoms with Crippen LogP contribution in [0.15, 0.2) is 12.3 Å². The quantitative estimate of drug-likeness (QED) is 0.658. The van der Waals surface area contributed by atoms with E-state index in [4.69, 9.17) is 23.2 Å². The standard InChI is InChI=1S/C12H11Cl2N3O3/c1-2-8-11(19)16-9(18)5-17(8)12(20)6-3-7(13)10(14)15-4-6/h3-4,8H,2,5H2,1H3,(H,16,18,19). The minimum atomic E-state index is -0.686. The number of nitrogens with zero attached hydrogens (tertiary/aromatic N) is 2. The van der Waals surface area contributed by atoms with E-state index >= 15 is 0 Å². The van der Waals surface area contributed by atoms with Crippen LogP contribution in [0.25, 0.3) is 0 Å². The summed E-state index contributed by atoms with van der Waals surface area (Å²) in [5.74, 6) is -1.47. The fourth-order valence-corrected chi connectivity index (χ4v) is 2.26. The van der Waals surface area contributed by atoms with Gasteiger partial charge in [0.25, 0.3) is 5.91 Å². The molecule has 0 saturated carbocycles. The van der Waals surface area contributed by atoms with Crippen LogP contribution in [0.4, 0.5) is 0 Å². The van der Waals surface area contributed by atoms with Crippen molar-refractivity contribution in [3.8, 4) is 0 Å². The predicted octanol–water partition coefficient (Wildman–Crippen LogP) is 1.27. The average molecular weight is 316 g/mol. The molecule has 1 saturated heterocycles. The second-order valence-corrected chi connectivity index (χ2v) is 5.03. The van der Waals surface area contributed by atoms with Gasteiger partial charge in [0.2, 0.25) is 11.8 Å². The van der Waals surface area contributed by atoms with Crippen LogP contribution in [0.3, 0.4) is 0 Å². The van der Waals surface area contributed by atoms with E-state index in [1.54, 1.807) is 6.92 Å². The third-order valence-corrected chi connectivity index (χ3v) is 3.63. The lowest BCUT2D eigenvalue weighted by Gasteiger charge is -2.33. The predicted molar refractivity (Wildman–Crippen MR) is 72.5 cm³/mol. The van der Waals surface area contributed by atoms with Crippen LogP contribution in [0.1, 0.15) is 23.7 Å². The number of halogens is 2. The number of pyridine rings is 1. The van der Waals surface area contributed by atoms with E-state index in [1.165, 1.54) is 17.2 Å². The van der Waals surface area contributed by atoms with Crippen LogP contribution in [-0.2, 0) is 9.59 Å². The van der Waals surface area contributed by atoms with Gasteiger partial charge in [-0.15, -0.1) is 0 Å². The number of imide groups is 1. The van der Waals surface area contributed by atoms with Crippen LogP contribution >= 0.6 is 23.2 Å². The number of amides is 3. The second kappa shape index (κ2) is 5.76. The Morgan fingerprint density at radius 3 is 2.80 bits per heavy atom. The Balaban J connectivity index is 2.32. The molecule has 1 aliphatic rings. The first kappa shape index (κ1) is 14.7. The normalized spacial score (nSPS) is 18.9. The van der Waals surface area contributed by atoms with Crippen molar-refractivity contribution in [2.45, 2.75) is 19.4 Å². The molecule has 0 radical (unpaired) electrons. The average Bonchev–Trinajstić information content (AvgIpc) is 2.40. The smallest absolute Gasteiger partial charge is 0.256 e. The topological polar surface area (TPSA) is 79.4 Å². The summed E-state index contributed by atoms with van der Waals surface area (Å²) in [6.07, 6.45) is 1.67. The lowest BCUT2D eigenvalue weighted by atomic mass is 10.1. The van der Waals surface area contributed by atoms with Crippen molar-refractivity contribution in [2.75, 3.05) is 6.54 Å². The molecule has 0 aromatic carbocycles. The van der Waals surface area contributed by atoms with Gasteiger partial charge in [-0.25, -0.2) is 4.98 Å². The third kappa shape index (κ3) is 2.76. The fourth-order valence-electron chi connectivity index (χ4n) is 1.99. The van der Waals surface area contributed by atoms with Crippen LogP contribution < -0.4 is 5.32 Å². The Morgan fingerprint density at radius 1 is 1.50 bits per heavy atom. The van der Waals surface area contributed by atoms with Gasteiger partial charge in [-0.2, -0.15) is 0 Å². The van der Waals surface area contributed by atoms with Crippen LogP contribution in [-0.4, -0.2) is 40.2 Å². The maximum atomic E-state index is 12.4. The molecule has 1 fully saturated rings. The van der Waals surface area contributed by atoms with E-state index < -0.39 is 23.8 Å². The van der Waals surface area contributed by atoms with Crippen molar-refractivity contribution >= 4 is 40.9 Å². The molecular formula is C12H11Cl2N3O3. The van der Waals surface area contributed by atoms with E-state index in [0.29, 0.717) is 6.42 Å². The molecule has 8 heteroatoms. The molecule has 1 unspecified atom stereocenters. The first-order valence-electron chi connectivity index (χ1n) is 5.89. The maximum Gasteiger partial charge on any atom is 0.256 e. The van der Waals surface area contributed by atoms with Crippen molar-refractivity contribution in [1.82, 2.24) is 15.2 Å². The van der Waals surface area contributed by atoms with Crippen molar-refractivity contribution in [1.29, 1.82) is 0 Å². The van der Waals surface area contributed by atoms with Crippen molar-refractivity contribution in [3.63, 3.8) is 0 Å². The highest BCUT2D eigenvalue weighted by Gasteiger charge is 2.36. The summed E-state index contributed by atoms with van der Waals surface area (Å²) in [5, 5.41) is 2.43. The van der Waals surface area contributed by atoms with Gasteiger partial charge in [-0.3, -0.25) is 19.7 Å². The molecule has 3 amide bonds. The van der Waals surface area contributed by atoms with Crippen molar-refractivity contribution in [2.24, 2.45) is 0 Å². The van der Waals surface area contributed by atoms with Crippen molar-refractivity contribution < 1.29 is 14.4 Å². The molecule has 20 heavy (non-hydrogen) atoms. The van der Waals surface area contributed by atoms with Gasteiger partial charge in [0.15, 0.2) is 0 Å². The Labute approximate surface area is 125 Å². The van der Waals surface area contributed by atoms with Gasteiger partial charge < -0.3 is 4.90 Å². The zero-order chi connectivity index (χ0) is 14.9. The van der Waals surface area contributed by atoms with Gasteiger partial charge in [-0.05, 0) is 12.5 Å². The largest absolute Gasteiger partial charge is 0.317 e. The second-order valence-electron chi connectivity index (χ2n) is 4.27. The van der Waals surface area contributed by atoms with E-state index in [2.05, 4.69) is 10.3 Å². The number of rotatable bonds is 2. The molecule has 1 aliphatic heterocycles. The summed E-state index contributed by atoms with van der Waals surface area (Å²) < 4.78 is 0. The summed E-state index contributed by atoms with van der Waals surface area (Å²) in [5.41, 5.74) is 0.181. The Hall–Kier alpha value is -1.66. The highest BCUT2D eigenvalue weighted by Crippen LogP contribution is 2.21. The zero-order valence-electron chi connectivity index (χ0n) is 10.5. The summed E-state index contributed by atoms with van der Waals surface area (Å²) in [6.45, 7) is 1.58. The molecule has 1 atom stereocenters. The number of piperazine rings is 1. The number of hydrogen-bond donors (Lipinski definition) is 1. The first-order chi connectivity index (χ1) is 9.43. The molecule has 0 aliphatic carbocycles. The highest BCUT2D eigenvalue weighted by molar-refractivity contribution is 6.41. The van der Waals surface area contributed by atoms with Gasteiger partial charge in [0.05, 0.1) is 10.6 Å². The molecule has 0 bridgehead atoms. The maximum absolute atomic E-state index is 12.4.